The molecule has 0 aliphatic rings. The molecule has 2 N–H and O–H groups in total. The van der Waals surface area contributed by atoms with Gasteiger partial charge in [0.2, 0.25) is 0 Å². The predicted octanol–water partition coefficient (Wildman–Crippen LogP) is 3.97. The maximum absolute atomic E-state index is 9.82. The van der Waals surface area contributed by atoms with Gasteiger partial charge in [-0.1, -0.05) is 51.9 Å². The Morgan fingerprint density at radius 1 is 0.667 bits per heavy atom. The van der Waals surface area contributed by atoms with Crippen molar-refractivity contribution >= 4 is 0 Å². The van der Waals surface area contributed by atoms with Crippen molar-refractivity contribution in [2.75, 3.05) is 6.54 Å². The van der Waals surface area contributed by atoms with Gasteiger partial charge in [0.1, 0.15) is 0 Å². The summed E-state index contributed by atoms with van der Waals surface area (Å²) in [6.07, 6.45) is 9.76. The van der Waals surface area contributed by atoms with Gasteiger partial charge >= 0.3 is 0 Å². The van der Waals surface area contributed by atoms with Crippen molar-refractivity contribution in [3.05, 3.63) is 0 Å². The van der Waals surface area contributed by atoms with Crippen LogP contribution in [0.3, 0.4) is 0 Å². The van der Waals surface area contributed by atoms with E-state index in [2.05, 4.69) is 11.8 Å². The Hall–Kier alpha value is -0.120. The first-order valence-electron chi connectivity index (χ1n) is 9.03. The van der Waals surface area contributed by atoms with Crippen LogP contribution >= 0.6 is 0 Å². The van der Waals surface area contributed by atoms with Crippen molar-refractivity contribution in [2.24, 2.45) is 0 Å². The molecule has 4 atom stereocenters. The van der Waals surface area contributed by atoms with Crippen LogP contribution in [0.15, 0.2) is 0 Å². The zero-order valence-electron chi connectivity index (χ0n) is 15.0. The minimum atomic E-state index is -0.361. The lowest BCUT2D eigenvalue weighted by molar-refractivity contribution is 0.00194. The molecule has 0 amide bonds. The summed E-state index contributed by atoms with van der Waals surface area (Å²) in [6, 6.07) is 0.193. The number of nitrogens with zero attached hydrogens (tertiary/aromatic N) is 1. The standard InChI is InChI=1S/C18H39NO2/c1-6-7-8-9-10-11-12-13-14-19(15(2)17(4)20)16(3)18(5)21/h15-18,20-21H,6-14H2,1-5H3. The molecular weight excluding hydrogens is 262 g/mol. The van der Waals surface area contributed by atoms with Crippen molar-refractivity contribution in [2.45, 2.75) is 110 Å². The van der Waals surface area contributed by atoms with Crippen molar-refractivity contribution in [3.63, 3.8) is 0 Å². The molecule has 0 aromatic carbocycles. The number of hydrogen-bond acceptors (Lipinski definition) is 3. The van der Waals surface area contributed by atoms with Crippen molar-refractivity contribution in [3.8, 4) is 0 Å². The quantitative estimate of drug-likeness (QED) is 0.506. The summed E-state index contributed by atoms with van der Waals surface area (Å²) in [5, 5.41) is 19.6. The molecule has 0 radical (unpaired) electrons. The van der Waals surface area contributed by atoms with Gasteiger partial charge in [0.05, 0.1) is 12.2 Å². The third kappa shape index (κ3) is 9.49. The Morgan fingerprint density at radius 3 is 1.43 bits per heavy atom. The molecule has 0 heterocycles. The first-order valence-corrected chi connectivity index (χ1v) is 9.03. The van der Waals surface area contributed by atoms with E-state index in [1.807, 2.05) is 27.7 Å². The molecule has 0 saturated carbocycles. The molecule has 0 aromatic heterocycles. The van der Waals surface area contributed by atoms with Gasteiger partial charge < -0.3 is 10.2 Å². The molecule has 0 saturated heterocycles. The summed E-state index contributed by atoms with van der Waals surface area (Å²) in [4.78, 5) is 2.26. The predicted molar refractivity (Wildman–Crippen MR) is 91.6 cm³/mol. The van der Waals surface area contributed by atoms with Crippen LogP contribution in [0.1, 0.15) is 86.0 Å². The summed E-state index contributed by atoms with van der Waals surface area (Å²) in [5.41, 5.74) is 0. The second-order valence-corrected chi connectivity index (χ2v) is 6.68. The van der Waals surface area contributed by atoms with Crippen LogP contribution in [-0.2, 0) is 0 Å². The van der Waals surface area contributed by atoms with Crippen LogP contribution < -0.4 is 0 Å². The zero-order chi connectivity index (χ0) is 16.3. The van der Waals surface area contributed by atoms with E-state index in [4.69, 9.17) is 0 Å². The maximum atomic E-state index is 9.82. The highest BCUT2D eigenvalue weighted by molar-refractivity contribution is 4.80. The van der Waals surface area contributed by atoms with Gasteiger partial charge in [-0.15, -0.1) is 0 Å². The SMILES string of the molecule is CCCCCCCCCCN(C(C)C(C)O)C(C)C(C)O. The van der Waals surface area contributed by atoms with E-state index >= 15 is 0 Å². The van der Waals surface area contributed by atoms with E-state index in [1.54, 1.807) is 0 Å². The third-order valence-corrected chi connectivity index (χ3v) is 4.71. The number of aliphatic hydroxyl groups excluding tert-OH is 2. The Bertz CT molecular complexity index is 217. The lowest BCUT2D eigenvalue weighted by Gasteiger charge is -2.37. The molecule has 0 aromatic rings. The molecule has 0 aliphatic heterocycles. The first-order chi connectivity index (χ1) is 9.91. The molecule has 128 valence electrons. The highest BCUT2D eigenvalue weighted by atomic mass is 16.3. The zero-order valence-corrected chi connectivity index (χ0v) is 15.0. The minimum Gasteiger partial charge on any atom is -0.392 e. The Morgan fingerprint density at radius 2 is 1.05 bits per heavy atom. The molecule has 0 rings (SSSR count). The van der Waals surface area contributed by atoms with E-state index in [9.17, 15) is 10.2 Å². The number of aliphatic hydroxyl groups is 2. The molecule has 3 nitrogen and oxygen atoms in total. The molecule has 0 fully saturated rings. The van der Waals surface area contributed by atoms with E-state index in [1.165, 1.54) is 44.9 Å². The van der Waals surface area contributed by atoms with Crippen molar-refractivity contribution in [1.29, 1.82) is 0 Å². The fourth-order valence-corrected chi connectivity index (χ4v) is 2.76. The van der Waals surface area contributed by atoms with Crippen LogP contribution in [0.2, 0.25) is 0 Å². The largest absolute Gasteiger partial charge is 0.392 e. The van der Waals surface area contributed by atoms with Gasteiger partial charge in [-0.2, -0.15) is 0 Å². The highest BCUT2D eigenvalue weighted by Gasteiger charge is 2.25. The molecule has 0 spiro atoms. The van der Waals surface area contributed by atoms with Crippen LogP contribution in [-0.4, -0.2) is 45.9 Å². The van der Waals surface area contributed by atoms with Gasteiger partial charge in [0.25, 0.3) is 0 Å². The Kier molecular flexibility index (Phi) is 12.4. The normalized spacial score (nSPS) is 17.7. The summed E-state index contributed by atoms with van der Waals surface area (Å²) in [6.45, 7) is 11.0. The van der Waals surface area contributed by atoms with Gasteiger partial charge in [0, 0.05) is 12.1 Å². The van der Waals surface area contributed by atoms with E-state index in [0.29, 0.717) is 0 Å². The second kappa shape index (κ2) is 12.4. The highest BCUT2D eigenvalue weighted by Crippen LogP contribution is 2.15. The summed E-state index contributed by atoms with van der Waals surface area (Å²) >= 11 is 0. The maximum Gasteiger partial charge on any atom is 0.0664 e. The third-order valence-electron chi connectivity index (χ3n) is 4.71. The Balaban J connectivity index is 3.97. The smallest absolute Gasteiger partial charge is 0.0664 e. The van der Waals surface area contributed by atoms with Crippen molar-refractivity contribution < 1.29 is 10.2 Å². The van der Waals surface area contributed by atoms with Crippen molar-refractivity contribution in [1.82, 2.24) is 4.90 Å². The average Bonchev–Trinajstić information content (AvgIpc) is 2.44. The van der Waals surface area contributed by atoms with E-state index in [-0.39, 0.29) is 24.3 Å². The van der Waals surface area contributed by atoms with Gasteiger partial charge in [-0.05, 0) is 40.7 Å². The number of hydrogen-bond donors (Lipinski definition) is 2. The molecule has 3 heteroatoms. The number of rotatable bonds is 13. The number of unbranched alkanes of at least 4 members (excludes halogenated alkanes) is 7. The van der Waals surface area contributed by atoms with Crippen LogP contribution in [0.4, 0.5) is 0 Å². The van der Waals surface area contributed by atoms with Crippen LogP contribution in [0.25, 0.3) is 0 Å². The lowest BCUT2D eigenvalue weighted by Crippen LogP contribution is -2.49. The summed E-state index contributed by atoms with van der Waals surface area (Å²) in [7, 11) is 0. The first kappa shape index (κ1) is 20.9. The molecule has 0 bridgehead atoms. The van der Waals surface area contributed by atoms with Crippen LogP contribution in [0, 0.1) is 0 Å². The minimum absolute atomic E-state index is 0.0964. The van der Waals surface area contributed by atoms with E-state index in [0.717, 1.165) is 13.0 Å². The molecule has 0 aliphatic carbocycles. The summed E-state index contributed by atoms with van der Waals surface area (Å²) < 4.78 is 0. The van der Waals surface area contributed by atoms with Gasteiger partial charge in [-0.3, -0.25) is 4.90 Å². The lowest BCUT2D eigenvalue weighted by atomic mass is 10.0. The van der Waals surface area contributed by atoms with Crippen LogP contribution in [0.5, 0.6) is 0 Å². The molecular formula is C18H39NO2. The summed E-state index contributed by atoms with van der Waals surface area (Å²) in [5.74, 6) is 0. The van der Waals surface area contributed by atoms with Gasteiger partial charge in [-0.25, -0.2) is 0 Å². The molecule has 21 heavy (non-hydrogen) atoms. The Labute approximate surface area is 132 Å². The fraction of sp³-hybridized carbons (Fsp3) is 1.00. The average molecular weight is 302 g/mol. The van der Waals surface area contributed by atoms with E-state index < -0.39 is 0 Å². The van der Waals surface area contributed by atoms with Gasteiger partial charge in [0.15, 0.2) is 0 Å². The second-order valence-electron chi connectivity index (χ2n) is 6.68. The molecule has 4 unspecified atom stereocenters. The monoisotopic (exact) mass is 301 g/mol. The topological polar surface area (TPSA) is 43.7 Å². The fourth-order valence-electron chi connectivity index (χ4n) is 2.76.